The summed E-state index contributed by atoms with van der Waals surface area (Å²) in [7, 11) is 0. The van der Waals surface area contributed by atoms with Crippen LogP contribution in [0, 0.1) is 0 Å². The van der Waals surface area contributed by atoms with Crippen LogP contribution in [0.5, 0.6) is 0 Å². The molecule has 0 fully saturated rings. The Morgan fingerprint density at radius 2 is 1.02 bits per heavy atom. The molecule has 21 heteroatoms. The van der Waals surface area contributed by atoms with Crippen molar-refractivity contribution in [2.75, 3.05) is 0 Å². The highest BCUT2D eigenvalue weighted by Crippen LogP contribution is 2.28. The zero-order chi connectivity index (χ0) is 33.9. The molecular weight excluding hydrogens is 678 g/mol. The Morgan fingerprint density at radius 1 is 0.622 bits per heavy atom. The lowest BCUT2D eigenvalue weighted by Gasteiger charge is -2.15. The van der Waals surface area contributed by atoms with Gasteiger partial charge in [-0.15, -0.1) is 0 Å². The topological polar surface area (TPSA) is 124 Å². The maximum absolute atomic E-state index is 12.4. The van der Waals surface area contributed by atoms with Crippen molar-refractivity contribution in [2.24, 2.45) is 9.98 Å². The number of aromatic amines is 1. The number of hydrogen-bond donors (Lipinski definition) is 1. The van der Waals surface area contributed by atoms with E-state index >= 15 is 0 Å². The van der Waals surface area contributed by atoms with Crippen molar-refractivity contribution in [3.05, 3.63) is 52.8 Å². The molecule has 0 radical (unpaired) electrons. The predicted molar refractivity (Wildman–Crippen MR) is 145 cm³/mol. The van der Waals surface area contributed by atoms with E-state index in [4.69, 9.17) is 23.2 Å². The summed E-state index contributed by atoms with van der Waals surface area (Å²) in [6.45, 7) is -1.06. The van der Waals surface area contributed by atoms with Gasteiger partial charge in [0.25, 0.3) is 11.1 Å². The average Bonchev–Trinajstić information content (AvgIpc) is 3.46. The van der Waals surface area contributed by atoms with E-state index in [0.29, 0.717) is 4.57 Å². The molecule has 2 aromatic rings. The number of hydrogen-bond acceptors (Lipinski definition) is 6. The third-order valence-corrected chi connectivity index (χ3v) is 6.82. The zero-order valence-electron chi connectivity index (χ0n) is 22.8. The molecule has 1 N–H and O–H groups in total. The molecule has 250 valence electrons. The van der Waals surface area contributed by atoms with Crippen LogP contribution < -0.4 is 22.5 Å². The standard InChI is InChI=1S/C14H14ClF6N3O2.C10H9ClF3N3O2/c15-9-7-8-10(22-9)23(5-1-3-13(16,17)18)12(26)24(11(8)25)6-2-4-14(19,20)21;11-6-4-5-7(15-6)17(9(19)16-8(5)18)3-1-2-10(12,13)14/h1-7H2;1-4H2,(H,16,18,19). The largest absolute Gasteiger partial charge is 0.389 e. The highest BCUT2D eigenvalue weighted by Gasteiger charge is 2.30. The van der Waals surface area contributed by atoms with E-state index in [1.807, 2.05) is 4.98 Å². The van der Waals surface area contributed by atoms with Gasteiger partial charge in [-0.2, -0.15) is 39.5 Å². The fourth-order valence-corrected chi connectivity index (χ4v) is 4.86. The molecule has 0 bridgehead atoms. The van der Waals surface area contributed by atoms with Crippen LogP contribution >= 0.6 is 23.2 Å². The molecule has 0 saturated carbocycles. The van der Waals surface area contributed by atoms with E-state index in [2.05, 4.69) is 9.98 Å². The van der Waals surface area contributed by atoms with Gasteiger partial charge in [-0.1, -0.05) is 23.2 Å². The first-order chi connectivity index (χ1) is 20.7. The number of fused-ring (bicyclic) bond motifs is 2. The number of nitrogens with one attached hydrogen (secondary N) is 1. The molecule has 0 saturated heterocycles. The third-order valence-electron chi connectivity index (χ3n) is 6.38. The van der Waals surface area contributed by atoms with Crippen LogP contribution in [0.4, 0.5) is 51.1 Å². The Balaban J connectivity index is 0.000000257. The van der Waals surface area contributed by atoms with E-state index in [1.165, 1.54) is 0 Å². The molecule has 0 atom stereocenters. The summed E-state index contributed by atoms with van der Waals surface area (Å²) in [6, 6.07) is 0. The molecule has 2 aromatic heterocycles. The van der Waals surface area contributed by atoms with Crippen molar-refractivity contribution >= 4 is 45.2 Å². The Labute approximate surface area is 255 Å². The van der Waals surface area contributed by atoms with Crippen LogP contribution in [0.1, 0.15) is 49.7 Å². The van der Waals surface area contributed by atoms with Gasteiger partial charge in [-0.3, -0.25) is 28.3 Å². The van der Waals surface area contributed by atoms with Gasteiger partial charge in [0.15, 0.2) is 0 Å². The second-order valence-electron chi connectivity index (χ2n) is 9.89. The SMILES string of the molecule is O=c1[nH]c(=O)n(CCCC(F)(F)F)c2c1CC(Cl)=N2.O=c1c2c(n(CCCC(F)(F)F)c(=O)n1CCCC(F)(F)F)N=C(Cl)C2. The van der Waals surface area contributed by atoms with Crippen LogP contribution in [0.15, 0.2) is 29.2 Å². The Bertz CT molecular complexity index is 1720. The van der Waals surface area contributed by atoms with Crippen molar-refractivity contribution in [1.29, 1.82) is 0 Å². The summed E-state index contributed by atoms with van der Waals surface area (Å²) in [5, 5.41) is 0.116. The second kappa shape index (κ2) is 14.0. The maximum atomic E-state index is 12.4. The first-order valence-electron chi connectivity index (χ1n) is 13.1. The van der Waals surface area contributed by atoms with Gasteiger partial charge in [-0.05, 0) is 19.3 Å². The summed E-state index contributed by atoms with van der Waals surface area (Å²) in [5.74, 6) is -0.0693. The summed E-state index contributed by atoms with van der Waals surface area (Å²) >= 11 is 11.4. The van der Waals surface area contributed by atoms with Gasteiger partial charge >= 0.3 is 29.9 Å². The minimum absolute atomic E-state index is 0.00591. The molecule has 2 aliphatic heterocycles. The second-order valence-corrected chi connectivity index (χ2v) is 10.8. The lowest BCUT2D eigenvalue weighted by Crippen LogP contribution is -2.41. The summed E-state index contributed by atoms with van der Waals surface area (Å²) in [4.78, 5) is 57.5. The average molecular weight is 701 g/mol. The van der Waals surface area contributed by atoms with Gasteiger partial charge in [0.1, 0.15) is 22.0 Å². The van der Waals surface area contributed by atoms with E-state index in [1.54, 1.807) is 0 Å². The van der Waals surface area contributed by atoms with E-state index in [0.717, 1.165) is 9.13 Å². The molecule has 4 rings (SSSR count). The third kappa shape index (κ3) is 10.1. The first kappa shape index (κ1) is 36.1. The van der Waals surface area contributed by atoms with Crippen molar-refractivity contribution in [3.63, 3.8) is 0 Å². The molecule has 0 unspecified atom stereocenters. The molecule has 0 aliphatic carbocycles. The molecule has 0 aromatic carbocycles. The minimum Gasteiger partial charge on any atom is -0.278 e. The summed E-state index contributed by atoms with van der Waals surface area (Å²) < 4.78 is 112. The fourth-order valence-electron chi connectivity index (χ4n) is 4.43. The number of nitrogens with zero attached hydrogens (tertiary/aromatic N) is 5. The van der Waals surface area contributed by atoms with E-state index in [-0.39, 0.29) is 65.5 Å². The van der Waals surface area contributed by atoms with Gasteiger partial charge < -0.3 is 0 Å². The number of aliphatic imine (C=N–C) groups is 2. The van der Waals surface area contributed by atoms with Crippen LogP contribution in [0.25, 0.3) is 0 Å². The molecule has 45 heavy (non-hydrogen) atoms. The number of alkyl halides is 9. The number of H-pyrrole nitrogens is 1. The number of rotatable bonds is 9. The number of halogens is 11. The van der Waals surface area contributed by atoms with Crippen molar-refractivity contribution in [2.45, 2.75) is 89.5 Å². The molecule has 0 spiro atoms. The lowest BCUT2D eigenvalue weighted by molar-refractivity contribution is -0.136. The molecule has 2 aliphatic rings. The highest BCUT2D eigenvalue weighted by molar-refractivity contribution is 6.66. The van der Waals surface area contributed by atoms with E-state index < -0.39 is 79.7 Å². The van der Waals surface area contributed by atoms with Crippen molar-refractivity contribution < 1.29 is 39.5 Å². The van der Waals surface area contributed by atoms with Crippen LogP contribution in [0.3, 0.4) is 0 Å². The Hall–Kier alpha value is -3.35. The molecule has 10 nitrogen and oxygen atoms in total. The van der Waals surface area contributed by atoms with Crippen LogP contribution in [-0.2, 0) is 32.5 Å². The Morgan fingerprint density at radius 3 is 1.49 bits per heavy atom. The van der Waals surface area contributed by atoms with Crippen molar-refractivity contribution in [3.8, 4) is 0 Å². The molecule has 4 heterocycles. The first-order valence-corrected chi connectivity index (χ1v) is 13.8. The predicted octanol–water partition coefficient (Wildman–Crippen LogP) is 5.22. The zero-order valence-corrected chi connectivity index (χ0v) is 24.3. The quantitative estimate of drug-likeness (QED) is 0.360. The normalized spacial score (nSPS) is 14.5. The minimum atomic E-state index is -4.45. The Kier molecular flexibility index (Phi) is 11.2. The monoisotopic (exact) mass is 700 g/mol. The van der Waals surface area contributed by atoms with Gasteiger partial charge in [0, 0.05) is 51.7 Å². The van der Waals surface area contributed by atoms with Crippen LogP contribution in [0.2, 0.25) is 0 Å². The maximum Gasteiger partial charge on any atom is 0.389 e. The summed E-state index contributed by atoms with van der Waals surface area (Å²) in [6.07, 6.45) is -17.7. The summed E-state index contributed by atoms with van der Waals surface area (Å²) in [5.41, 5.74) is -3.00. The smallest absolute Gasteiger partial charge is 0.278 e. The molecule has 0 amide bonds. The van der Waals surface area contributed by atoms with E-state index in [9.17, 15) is 58.7 Å². The van der Waals surface area contributed by atoms with Gasteiger partial charge in [0.2, 0.25) is 0 Å². The lowest BCUT2D eigenvalue weighted by atomic mass is 10.2. The van der Waals surface area contributed by atoms with Gasteiger partial charge in [-0.25, -0.2) is 19.6 Å². The van der Waals surface area contributed by atoms with Gasteiger partial charge in [0.05, 0.1) is 11.1 Å². The van der Waals surface area contributed by atoms with Crippen LogP contribution in [-0.4, -0.2) is 47.6 Å². The molecular formula is C24H23Cl2F9N6O4. The fraction of sp³-hybridized carbons (Fsp3) is 0.583. The van der Waals surface area contributed by atoms with Crippen molar-refractivity contribution in [1.82, 2.24) is 18.7 Å². The number of aromatic nitrogens is 4. The highest BCUT2D eigenvalue weighted by atomic mass is 35.5.